The molecular weight excluding hydrogens is 543 g/mol. The fourth-order valence-corrected chi connectivity index (χ4v) is 4.85. The van der Waals surface area contributed by atoms with Crippen LogP contribution in [0.25, 0.3) is 0 Å². The zero-order valence-electron chi connectivity index (χ0n) is 22.5. The van der Waals surface area contributed by atoms with Gasteiger partial charge in [-0.15, -0.1) is 0 Å². The van der Waals surface area contributed by atoms with Gasteiger partial charge < -0.3 is 15.4 Å². The Hall–Kier alpha value is -3.15. The summed E-state index contributed by atoms with van der Waals surface area (Å²) in [4.78, 5) is 11.1. The number of rotatable bonds is 10. The second-order valence-corrected chi connectivity index (χ2v) is 13.3. The van der Waals surface area contributed by atoms with Gasteiger partial charge in [0.2, 0.25) is 16.0 Å². The first-order chi connectivity index (χ1) is 18.4. The van der Waals surface area contributed by atoms with Crippen molar-refractivity contribution in [3.63, 3.8) is 0 Å². The Bertz CT molecular complexity index is 1430. The van der Waals surface area contributed by atoms with E-state index in [1.54, 1.807) is 57.3 Å². The van der Waals surface area contributed by atoms with Crippen molar-refractivity contribution in [1.82, 2.24) is 14.9 Å². The van der Waals surface area contributed by atoms with Crippen molar-refractivity contribution in [2.24, 2.45) is 0 Å². The zero-order chi connectivity index (χ0) is 28.2. The summed E-state index contributed by atoms with van der Waals surface area (Å²) in [6, 6.07) is 9.54. The van der Waals surface area contributed by atoms with E-state index in [9.17, 15) is 12.8 Å². The third kappa shape index (κ3) is 7.49. The van der Waals surface area contributed by atoms with E-state index < -0.39 is 20.6 Å². The van der Waals surface area contributed by atoms with Gasteiger partial charge in [0.15, 0.2) is 11.6 Å². The third-order valence-electron chi connectivity index (χ3n) is 6.30. The summed E-state index contributed by atoms with van der Waals surface area (Å²) in [5.74, 6) is 0.473. The largest absolute Gasteiger partial charge is 0.489 e. The van der Waals surface area contributed by atoms with Crippen LogP contribution < -0.4 is 20.1 Å². The molecule has 1 aliphatic rings. The fourth-order valence-electron chi connectivity index (χ4n) is 3.86. The molecule has 1 aliphatic heterocycles. The molecule has 0 radical (unpaired) electrons. The van der Waals surface area contributed by atoms with Gasteiger partial charge in [-0.25, -0.2) is 17.8 Å². The molecule has 0 spiro atoms. The Morgan fingerprint density at radius 1 is 1.08 bits per heavy atom. The summed E-state index contributed by atoms with van der Waals surface area (Å²) in [7, 11) is -3.67. The van der Waals surface area contributed by atoms with E-state index in [2.05, 4.69) is 30.2 Å². The van der Waals surface area contributed by atoms with Crippen LogP contribution in [0, 0.1) is 12.7 Å². The van der Waals surface area contributed by atoms with Crippen molar-refractivity contribution >= 4 is 50.5 Å². The smallest absolute Gasteiger partial charge is 0.237 e. The maximum absolute atomic E-state index is 14.7. The molecule has 39 heavy (non-hydrogen) atoms. The molecule has 210 valence electrons. The van der Waals surface area contributed by atoms with Crippen LogP contribution in [0.2, 0.25) is 5.02 Å². The number of hydrogen-bond donors (Lipinski definition) is 3. The van der Waals surface area contributed by atoms with Crippen molar-refractivity contribution in [3.05, 3.63) is 59.0 Å². The van der Waals surface area contributed by atoms with Crippen LogP contribution in [0.1, 0.15) is 39.2 Å². The average molecular weight is 577 g/mol. The number of aryl methyl sites for hydroxylation is 1. The minimum Gasteiger partial charge on any atom is -0.489 e. The Balaban J connectivity index is 1.44. The molecule has 0 amide bonds. The lowest BCUT2D eigenvalue weighted by atomic mass is 10.2. The molecule has 1 aromatic heterocycles. The molecule has 4 rings (SSSR count). The van der Waals surface area contributed by atoms with Crippen molar-refractivity contribution in [1.29, 1.82) is 0 Å². The lowest BCUT2D eigenvalue weighted by molar-refractivity contribution is 0.231. The second kappa shape index (κ2) is 11.9. The molecule has 0 unspecified atom stereocenters. The van der Waals surface area contributed by atoms with Crippen LogP contribution in [0.3, 0.4) is 0 Å². The fraction of sp³-hybridized carbons (Fsp3) is 0.407. The maximum atomic E-state index is 14.7. The van der Waals surface area contributed by atoms with Crippen LogP contribution in [-0.2, 0) is 10.0 Å². The van der Waals surface area contributed by atoms with E-state index in [1.807, 2.05) is 6.92 Å². The van der Waals surface area contributed by atoms with Gasteiger partial charge in [0.1, 0.15) is 12.4 Å². The van der Waals surface area contributed by atoms with E-state index in [1.165, 1.54) is 18.9 Å². The quantitative estimate of drug-likeness (QED) is 0.266. The number of nitrogens with zero attached hydrogens (tertiary/aromatic N) is 3. The molecule has 0 atom stereocenters. The zero-order valence-corrected chi connectivity index (χ0v) is 24.1. The predicted molar refractivity (Wildman–Crippen MR) is 155 cm³/mol. The lowest BCUT2D eigenvalue weighted by Crippen LogP contribution is -2.33. The molecule has 2 aromatic carbocycles. The van der Waals surface area contributed by atoms with Gasteiger partial charge in [0, 0.05) is 35.7 Å². The Labute approximate surface area is 234 Å². The molecular formula is C27H34ClFN6O3S. The highest BCUT2D eigenvalue weighted by atomic mass is 35.5. The Kier molecular flexibility index (Phi) is 8.83. The van der Waals surface area contributed by atoms with E-state index in [0.717, 1.165) is 25.2 Å². The maximum Gasteiger partial charge on any atom is 0.237 e. The second-order valence-electron chi connectivity index (χ2n) is 10.4. The lowest BCUT2D eigenvalue weighted by Gasteiger charge is -2.21. The standard InChI is InChI=1S/C27H34ClFN6O3S/c1-18-17-30-26(32-19-8-10-24(22(29)15-19)38-14-13-35-11-5-6-12-35)33-25(18)31-20-7-9-21(28)23(16-20)34-39(36,37)27(2,3)4/h7-10,15-17,34H,5-6,11-14H2,1-4H3,(H2,30,31,32,33). The number of sulfonamides is 1. The highest BCUT2D eigenvalue weighted by Gasteiger charge is 2.29. The van der Waals surface area contributed by atoms with Gasteiger partial charge >= 0.3 is 0 Å². The number of benzene rings is 2. The van der Waals surface area contributed by atoms with Crippen LogP contribution in [0.4, 0.5) is 33.2 Å². The number of halogens is 2. The molecule has 1 saturated heterocycles. The summed E-state index contributed by atoms with van der Waals surface area (Å²) in [5, 5.41) is 6.45. The van der Waals surface area contributed by atoms with E-state index >= 15 is 0 Å². The number of aromatic nitrogens is 2. The first kappa shape index (κ1) is 28.8. The van der Waals surface area contributed by atoms with Gasteiger partial charge in [-0.05, 0) is 84.0 Å². The summed E-state index contributed by atoms with van der Waals surface area (Å²) in [6.45, 7) is 9.99. The highest BCUT2D eigenvalue weighted by Crippen LogP contribution is 2.31. The number of ether oxygens (including phenoxy) is 1. The number of anilines is 5. The molecule has 0 saturated carbocycles. The molecule has 0 aliphatic carbocycles. The third-order valence-corrected chi connectivity index (χ3v) is 8.73. The Morgan fingerprint density at radius 2 is 1.77 bits per heavy atom. The van der Waals surface area contributed by atoms with Crippen LogP contribution >= 0.6 is 11.6 Å². The Morgan fingerprint density at radius 3 is 2.46 bits per heavy atom. The van der Waals surface area contributed by atoms with Gasteiger partial charge in [-0.1, -0.05) is 11.6 Å². The molecule has 9 nitrogen and oxygen atoms in total. The van der Waals surface area contributed by atoms with Gasteiger partial charge in [0.05, 0.1) is 15.5 Å². The van der Waals surface area contributed by atoms with Crippen LogP contribution in [0.15, 0.2) is 42.6 Å². The average Bonchev–Trinajstić information content (AvgIpc) is 3.37. The van der Waals surface area contributed by atoms with Crippen molar-refractivity contribution in [3.8, 4) is 5.75 Å². The van der Waals surface area contributed by atoms with E-state index in [0.29, 0.717) is 23.8 Å². The molecule has 12 heteroatoms. The van der Waals surface area contributed by atoms with Crippen LogP contribution in [0.5, 0.6) is 5.75 Å². The van der Waals surface area contributed by atoms with Crippen LogP contribution in [-0.4, -0.2) is 54.3 Å². The molecule has 0 bridgehead atoms. The molecule has 3 N–H and O–H groups in total. The first-order valence-corrected chi connectivity index (χ1v) is 14.6. The van der Waals surface area contributed by atoms with Gasteiger partial charge in [-0.2, -0.15) is 4.98 Å². The van der Waals surface area contributed by atoms with E-state index in [-0.39, 0.29) is 22.4 Å². The number of hydrogen-bond acceptors (Lipinski definition) is 8. The summed E-state index contributed by atoms with van der Waals surface area (Å²) in [6.07, 6.45) is 4.03. The van der Waals surface area contributed by atoms with Gasteiger partial charge in [-0.3, -0.25) is 9.62 Å². The van der Waals surface area contributed by atoms with E-state index in [4.69, 9.17) is 16.3 Å². The van der Waals surface area contributed by atoms with Crippen molar-refractivity contribution < 1.29 is 17.5 Å². The molecule has 3 aromatic rings. The number of nitrogens with one attached hydrogen (secondary N) is 3. The molecule has 1 fully saturated rings. The van der Waals surface area contributed by atoms with Crippen molar-refractivity contribution in [2.45, 2.75) is 45.3 Å². The highest BCUT2D eigenvalue weighted by molar-refractivity contribution is 7.94. The number of likely N-dealkylation sites (tertiary alicyclic amines) is 1. The monoisotopic (exact) mass is 576 g/mol. The summed E-state index contributed by atoms with van der Waals surface area (Å²) < 4.78 is 47.1. The predicted octanol–water partition coefficient (Wildman–Crippen LogP) is 6.08. The minimum atomic E-state index is -3.67. The minimum absolute atomic E-state index is 0.201. The van der Waals surface area contributed by atoms with Gasteiger partial charge in [0.25, 0.3) is 0 Å². The summed E-state index contributed by atoms with van der Waals surface area (Å²) in [5.41, 5.74) is 2.04. The molecule has 2 heterocycles. The first-order valence-electron chi connectivity index (χ1n) is 12.8. The van der Waals surface area contributed by atoms with Crippen molar-refractivity contribution in [2.75, 3.05) is 41.6 Å². The topological polar surface area (TPSA) is 108 Å². The summed E-state index contributed by atoms with van der Waals surface area (Å²) >= 11 is 6.25. The SMILES string of the molecule is Cc1cnc(Nc2ccc(OCCN3CCCC3)c(F)c2)nc1Nc1ccc(Cl)c(NS(=O)(=O)C(C)(C)C)c1. The normalized spacial score (nSPS) is 14.3.